The van der Waals surface area contributed by atoms with E-state index in [4.69, 9.17) is 0 Å². The average Bonchev–Trinajstić information content (AvgIpc) is 2.55. The topological polar surface area (TPSA) is 42.0 Å². The Balaban J connectivity index is 1.55. The lowest BCUT2D eigenvalue weighted by Gasteiger charge is -2.16. The van der Waals surface area contributed by atoms with Gasteiger partial charge in [-0.3, -0.25) is 9.78 Å². The summed E-state index contributed by atoms with van der Waals surface area (Å²) in [5.74, 6) is -0.0321. The SMILES string of the molecule is O=C(NCCc1ccc2c(c1)CCCC2)c1ccncc1. The molecule has 0 saturated carbocycles. The zero-order chi connectivity index (χ0) is 14.5. The summed E-state index contributed by atoms with van der Waals surface area (Å²) in [6, 6.07) is 10.2. The Bertz CT molecular complexity index is 622. The van der Waals surface area contributed by atoms with Crippen LogP contribution in [0.1, 0.15) is 39.9 Å². The van der Waals surface area contributed by atoms with Crippen LogP contribution in [0.3, 0.4) is 0 Å². The van der Waals surface area contributed by atoms with Crippen LogP contribution in [-0.4, -0.2) is 17.4 Å². The van der Waals surface area contributed by atoms with E-state index in [0.29, 0.717) is 12.1 Å². The van der Waals surface area contributed by atoms with Crippen molar-refractivity contribution in [2.24, 2.45) is 0 Å². The fourth-order valence-electron chi connectivity index (χ4n) is 2.87. The molecule has 0 saturated heterocycles. The maximum atomic E-state index is 11.9. The van der Waals surface area contributed by atoms with Crippen molar-refractivity contribution < 1.29 is 4.79 Å². The number of fused-ring (bicyclic) bond motifs is 1. The van der Waals surface area contributed by atoms with Gasteiger partial charge >= 0.3 is 0 Å². The second kappa shape index (κ2) is 6.53. The van der Waals surface area contributed by atoms with Gasteiger partial charge in [0.1, 0.15) is 0 Å². The van der Waals surface area contributed by atoms with Gasteiger partial charge in [-0.15, -0.1) is 0 Å². The van der Waals surface area contributed by atoms with E-state index >= 15 is 0 Å². The maximum absolute atomic E-state index is 11.9. The molecule has 108 valence electrons. The van der Waals surface area contributed by atoms with E-state index < -0.39 is 0 Å². The summed E-state index contributed by atoms with van der Waals surface area (Å²) in [5, 5.41) is 2.96. The Hall–Kier alpha value is -2.16. The van der Waals surface area contributed by atoms with Crippen LogP contribution in [0.5, 0.6) is 0 Å². The predicted octanol–water partition coefficient (Wildman–Crippen LogP) is 2.93. The summed E-state index contributed by atoms with van der Waals surface area (Å²) in [4.78, 5) is 15.8. The zero-order valence-electron chi connectivity index (χ0n) is 12.1. The number of aromatic nitrogens is 1. The summed E-state index contributed by atoms with van der Waals surface area (Å²) >= 11 is 0. The van der Waals surface area contributed by atoms with Crippen LogP contribution in [0, 0.1) is 0 Å². The normalized spacial score (nSPS) is 13.5. The van der Waals surface area contributed by atoms with E-state index in [1.54, 1.807) is 24.5 Å². The van der Waals surface area contributed by atoms with Crippen LogP contribution in [-0.2, 0) is 19.3 Å². The number of carbonyl (C=O) groups is 1. The molecular weight excluding hydrogens is 260 g/mol. The molecule has 2 aromatic rings. The second-order valence-electron chi connectivity index (χ2n) is 5.55. The van der Waals surface area contributed by atoms with Crippen LogP contribution >= 0.6 is 0 Å². The third kappa shape index (κ3) is 3.48. The minimum Gasteiger partial charge on any atom is -0.352 e. The molecule has 0 atom stereocenters. The zero-order valence-corrected chi connectivity index (χ0v) is 12.1. The number of aryl methyl sites for hydroxylation is 2. The minimum atomic E-state index is -0.0321. The highest BCUT2D eigenvalue weighted by molar-refractivity contribution is 5.93. The van der Waals surface area contributed by atoms with E-state index in [1.165, 1.54) is 42.4 Å². The Morgan fingerprint density at radius 1 is 1.05 bits per heavy atom. The van der Waals surface area contributed by atoms with Crippen molar-refractivity contribution in [3.8, 4) is 0 Å². The second-order valence-corrected chi connectivity index (χ2v) is 5.55. The van der Waals surface area contributed by atoms with Crippen molar-refractivity contribution in [3.05, 3.63) is 65.0 Å². The number of carbonyl (C=O) groups excluding carboxylic acids is 1. The Labute approximate surface area is 125 Å². The number of rotatable bonds is 4. The van der Waals surface area contributed by atoms with Crippen LogP contribution in [0.4, 0.5) is 0 Å². The lowest BCUT2D eigenvalue weighted by atomic mass is 9.90. The van der Waals surface area contributed by atoms with Gasteiger partial charge in [-0.25, -0.2) is 0 Å². The van der Waals surface area contributed by atoms with E-state index in [9.17, 15) is 4.79 Å². The highest BCUT2D eigenvalue weighted by Gasteiger charge is 2.09. The molecule has 0 unspecified atom stereocenters. The highest BCUT2D eigenvalue weighted by atomic mass is 16.1. The van der Waals surface area contributed by atoms with Crippen molar-refractivity contribution in [1.29, 1.82) is 0 Å². The molecule has 3 heteroatoms. The molecule has 0 radical (unpaired) electrons. The molecule has 1 N–H and O–H groups in total. The molecule has 1 amide bonds. The number of amides is 1. The molecule has 0 bridgehead atoms. The van der Waals surface area contributed by atoms with Crippen molar-refractivity contribution in [1.82, 2.24) is 10.3 Å². The first-order chi connectivity index (χ1) is 10.3. The van der Waals surface area contributed by atoms with Gasteiger partial charge in [0.25, 0.3) is 5.91 Å². The molecule has 1 aliphatic rings. The number of nitrogens with one attached hydrogen (secondary N) is 1. The summed E-state index contributed by atoms with van der Waals surface area (Å²) < 4.78 is 0. The number of pyridine rings is 1. The van der Waals surface area contributed by atoms with Crippen LogP contribution < -0.4 is 5.32 Å². The lowest BCUT2D eigenvalue weighted by molar-refractivity contribution is 0.0954. The first kappa shape index (κ1) is 13.8. The van der Waals surface area contributed by atoms with Crippen molar-refractivity contribution in [2.75, 3.05) is 6.54 Å². The predicted molar refractivity (Wildman–Crippen MR) is 83.4 cm³/mol. The van der Waals surface area contributed by atoms with Gasteiger partial charge in [0.15, 0.2) is 0 Å². The van der Waals surface area contributed by atoms with Crippen molar-refractivity contribution in [3.63, 3.8) is 0 Å². The van der Waals surface area contributed by atoms with Crippen molar-refractivity contribution in [2.45, 2.75) is 32.1 Å². The molecule has 1 aromatic carbocycles. The third-order valence-corrected chi connectivity index (χ3v) is 4.05. The first-order valence-electron chi connectivity index (χ1n) is 7.62. The van der Waals surface area contributed by atoms with E-state index in [2.05, 4.69) is 28.5 Å². The number of hydrogen-bond donors (Lipinski definition) is 1. The molecule has 1 aliphatic carbocycles. The Kier molecular flexibility index (Phi) is 4.29. The lowest BCUT2D eigenvalue weighted by Crippen LogP contribution is -2.25. The standard InChI is InChI=1S/C18H20N2O/c21-18(16-8-10-19-11-9-16)20-12-7-14-5-6-15-3-1-2-4-17(15)13-14/h5-6,8-11,13H,1-4,7,12H2,(H,20,21). The molecule has 1 heterocycles. The fourth-order valence-corrected chi connectivity index (χ4v) is 2.87. The minimum absolute atomic E-state index is 0.0321. The first-order valence-corrected chi connectivity index (χ1v) is 7.62. The molecular formula is C18H20N2O. The highest BCUT2D eigenvalue weighted by Crippen LogP contribution is 2.22. The number of hydrogen-bond acceptors (Lipinski definition) is 2. The van der Waals surface area contributed by atoms with Gasteiger partial charge in [0, 0.05) is 24.5 Å². The summed E-state index contributed by atoms with van der Waals surface area (Å²) in [5.41, 5.74) is 4.98. The average molecular weight is 280 g/mol. The van der Waals surface area contributed by atoms with Gasteiger partial charge in [0.2, 0.25) is 0 Å². The Morgan fingerprint density at radius 2 is 1.81 bits per heavy atom. The third-order valence-electron chi connectivity index (χ3n) is 4.05. The van der Waals surface area contributed by atoms with Crippen LogP contribution in [0.15, 0.2) is 42.7 Å². The summed E-state index contributed by atoms with van der Waals surface area (Å²) in [6.45, 7) is 0.667. The van der Waals surface area contributed by atoms with Gasteiger partial charge < -0.3 is 5.32 Å². The quantitative estimate of drug-likeness (QED) is 0.935. The summed E-state index contributed by atoms with van der Waals surface area (Å²) in [7, 11) is 0. The molecule has 0 spiro atoms. The van der Waals surface area contributed by atoms with E-state index in [0.717, 1.165) is 6.42 Å². The molecule has 21 heavy (non-hydrogen) atoms. The fraction of sp³-hybridized carbons (Fsp3) is 0.333. The molecule has 0 fully saturated rings. The maximum Gasteiger partial charge on any atom is 0.251 e. The molecule has 3 rings (SSSR count). The van der Waals surface area contributed by atoms with Gasteiger partial charge in [-0.2, -0.15) is 0 Å². The number of nitrogens with zero attached hydrogens (tertiary/aromatic N) is 1. The molecule has 0 aliphatic heterocycles. The van der Waals surface area contributed by atoms with Crippen LogP contribution in [0.25, 0.3) is 0 Å². The largest absolute Gasteiger partial charge is 0.352 e. The van der Waals surface area contributed by atoms with Crippen LogP contribution in [0.2, 0.25) is 0 Å². The molecule has 3 nitrogen and oxygen atoms in total. The van der Waals surface area contributed by atoms with Gasteiger partial charge in [-0.1, -0.05) is 18.2 Å². The van der Waals surface area contributed by atoms with Gasteiger partial charge in [-0.05, 0) is 60.9 Å². The summed E-state index contributed by atoms with van der Waals surface area (Å²) in [6.07, 6.45) is 9.19. The van der Waals surface area contributed by atoms with E-state index in [-0.39, 0.29) is 5.91 Å². The smallest absolute Gasteiger partial charge is 0.251 e. The van der Waals surface area contributed by atoms with E-state index in [1.807, 2.05) is 0 Å². The Morgan fingerprint density at radius 3 is 2.62 bits per heavy atom. The van der Waals surface area contributed by atoms with Gasteiger partial charge in [0.05, 0.1) is 0 Å². The molecule has 1 aromatic heterocycles. The monoisotopic (exact) mass is 280 g/mol. The van der Waals surface area contributed by atoms with Crippen molar-refractivity contribution >= 4 is 5.91 Å². The number of benzene rings is 1.